The SMILES string of the molecule is CN1C(=O)C(N=O)c2cc([N+](=O)[O-])cc(C(F)(F)F)c21. The van der Waals surface area contributed by atoms with Gasteiger partial charge in [0, 0.05) is 24.7 Å². The molecule has 0 fully saturated rings. The number of halogens is 3. The van der Waals surface area contributed by atoms with Gasteiger partial charge >= 0.3 is 6.18 Å². The maximum Gasteiger partial charge on any atom is 0.418 e. The van der Waals surface area contributed by atoms with E-state index in [0.29, 0.717) is 11.0 Å². The lowest BCUT2D eigenvalue weighted by Gasteiger charge is -2.16. The van der Waals surface area contributed by atoms with Gasteiger partial charge in [-0.25, -0.2) is 0 Å². The van der Waals surface area contributed by atoms with Gasteiger partial charge in [0.1, 0.15) is 0 Å². The van der Waals surface area contributed by atoms with Crippen LogP contribution in [0.5, 0.6) is 0 Å². The van der Waals surface area contributed by atoms with Crippen LogP contribution < -0.4 is 4.90 Å². The predicted molar refractivity (Wildman–Crippen MR) is 60.0 cm³/mol. The molecule has 0 aliphatic carbocycles. The quantitative estimate of drug-likeness (QED) is 0.474. The van der Waals surface area contributed by atoms with Crippen LogP contribution in [0.15, 0.2) is 17.3 Å². The fourth-order valence-corrected chi connectivity index (χ4v) is 2.07. The van der Waals surface area contributed by atoms with E-state index in [1.54, 1.807) is 0 Å². The Kier molecular flexibility index (Phi) is 2.95. The average Bonchev–Trinajstić information content (AvgIpc) is 2.59. The van der Waals surface area contributed by atoms with Gasteiger partial charge < -0.3 is 4.90 Å². The Morgan fingerprint density at radius 3 is 2.45 bits per heavy atom. The number of nitroso groups, excluding NO2 is 1. The van der Waals surface area contributed by atoms with Gasteiger partial charge in [-0.3, -0.25) is 14.9 Å². The highest BCUT2D eigenvalue weighted by molar-refractivity contribution is 6.05. The Balaban J connectivity index is 2.81. The third-order valence-electron chi connectivity index (χ3n) is 2.94. The van der Waals surface area contributed by atoms with E-state index in [-0.39, 0.29) is 0 Å². The van der Waals surface area contributed by atoms with Crippen molar-refractivity contribution < 1.29 is 22.9 Å². The van der Waals surface area contributed by atoms with Crippen LogP contribution in [0.3, 0.4) is 0 Å². The molecular formula is C10H6F3N3O4. The Hall–Kier alpha value is -2.52. The molecule has 1 atom stereocenters. The number of anilines is 1. The van der Waals surface area contributed by atoms with Gasteiger partial charge in [0.25, 0.3) is 11.6 Å². The van der Waals surface area contributed by atoms with Crippen LogP contribution in [0.25, 0.3) is 0 Å². The zero-order chi connectivity index (χ0) is 15.2. The summed E-state index contributed by atoms with van der Waals surface area (Å²) in [6.07, 6.45) is -4.90. The predicted octanol–water partition coefficient (Wildman–Crippen LogP) is 2.40. The third kappa shape index (κ3) is 1.89. The lowest BCUT2D eigenvalue weighted by Crippen LogP contribution is -2.24. The smallest absolute Gasteiger partial charge is 0.312 e. The summed E-state index contributed by atoms with van der Waals surface area (Å²) in [5.74, 6) is -0.957. The molecule has 1 amide bonds. The van der Waals surface area contributed by atoms with E-state index in [1.807, 2.05) is 0 Å². The van der Waals surface area contributed by atoms with Crippen molar-refractivity contribution in [3.05, 3.63) is 38.3 Å². The van der Waals surface area contributed by atoms with Crippen LogP contribution in [-0.2, 0) is 11.0 Å². The Bertz CT molecular complexity index is 629. The number of hydrogen-bond acceptors (Lipinski definition) is 5. The maximum absolute atomic E-state index is 12.9. The van der Waals surface area contributed by atoms with Crippen molar-refractivity contribution in [2.24, 2.45) is 5.18 Å². The molecule has 0 N–H and O–H groups in total. The van der Waals surface area contributed by atoms with E-state index >= 15 is 0 Å². The number of alkyl halides is 3. The Morgan fingerprint density at radius 2 is 2.00 bits per heavy atom. The highest BCUT2D eigenvalue weighted by Crippen LogP contribution is 2.47. The number of likely N-dealkylation sites (N-methyl/N-ethyl adjacent to an activating group) is 1. The first-order chi connectivity index (χ1) is 9.18. The lowest BCUT2D eigenvalue weighted by molar-refractivity contribution is -0.385. The second-order valence-corrected chi connectivity index (χ2v) is 4.09. The molecule has 1 aliphatic rings. The summed E-state index contributed by atoms with van der Waals surface area (Å²) in [7, 11) is 1.05. The van der Waals surface area contributed by atoms with Crippen LogP contribution in [0.4, 0.5) is 24.5 Å². The summed E-state index contributed by atoms with van der Waals surface area (Å²) in [6, 6.07) is -0.607. The van der Waals surface area contributed by atoms with Crippen molar-refractivity contribution in [3.63, 3.8) is 0 Å². The van der Waals surface area contributed by atoms with Crippen molar-refractivity contribution in [3.8, 4) is 0 Å². The van der Waals surface area contributed by atoms with Crippen molar-refractivity contribution in [2.75, 3.05) is 11.9 Å². The van der Waals surface area contributed by atoms with Crippen molar-refractivity contribution in [1.82, 2.24) is 0 Å². The number of carbonyl (C=O) groups excluding carboxylic acids is 1. The lowest BCUT2D eigenvalue weighted by atomic mass is 10.0. The van der Waals surface area contributed by atoms with Gasteiger partial charge in [-0.05, 0) is 0 Å². The zero-order valence-electron chi connectivity index (χ0n) is 9.84. The molecule has 1 aromatic carbocycles. The van der Waals surface area contributed by atoms with E-state index in [1.165, 1.54) is 0 Å². The van der Waals surface area contributed by atoms with Crippen LogP contribution in [0.1, 0.15) is 17.2 Å². The monoisotopic (exact) mass is 289 g/mol. The summed E-state index contributed by atoms with van der Waals surface area (Å²) >= 11 is 0. The molecule has 1 unspecified atom stereocenters. The minimum absolute atomic E-state index is 0.329. The number of non-ortho nitro benzene ring substituents is 1. The Morgan fingerprint density at radius 1 is 1.40 bits per heavy atom. The molecule has 1 aromatic rings. The van der Waals surface area contributed by atoms with Gasteiger partial charge in [0.05, 0.1) is 16.2 Å². The molecule has 20 heavy (non-hydrogen) atoms. The topological polar surface area (TPSA) is 92.9 Å². The number of amides is 1. The first kappa shape index (κ1) is 13.9. The molecule has 10 heteroatoms. The molecule has 0 spiro atoms. The molecule has 106 valence electrons. The molecule has 1 aliphatic heterocycles. The van der Waals surface area contributed by atoms with E-state index in [9.17, 15) is 33.0 Å². The highest BCUT2D eigenvalue weighted by Gasteiger charge is 2.46. The second kappa shape index (κ2) is 4.25. The summed E-state index contributed by atoms with van der Waals surface area (Å²) in [5, 5.41) is 13.1. The molecule has 0 aromatic heterocycles. The van der Waals surface area contributed by atoms with E-state index in [2.05, 4.69) is 5.18 Å². The molecule has 2 rings (SSSR count). The standard InChI is InChI=1S/C10H6F3N3O4/c1-15-8-5(7(14-18)9(15)17)2-4(16(19)20)3-6(8)10(11,12)13/h2-3,7H,1H3. The number of nitro groups is 1. The average molecular weight is 289 g/mol. The van der Waals surface area contributed by atoms with Gasteiger partial charge in [-0.15, -0.1) is 4.91 Å². The van der Waals surface area contributed by atoms with Gasteiger partial charge in [0.15, 0.2) is 6.04 Å². The van der Waals surface area contributed by atoms with Crippen molar-refractivity contribution in [1.29, 1.82) is 0 Å². The molecular weight excluding hydrogens is 283 g/mol. The van der Waals surface area contributed by atoms with Gasteiger partial charge in [0.2, 0.25) is 0 Å². The van der Waals surface area contributed by atoms with E-state index in [4.69, 9.17) is 0 Å². The largest absolute Gasteiger partial charge is 0.418 e. The summed E-state index contributed by atoms with van der Waals surface area (Å²) < 4.78 is 38.8. The number of carbonyl (C=O) groups is 1. The molecule has 0 radical (unpaired) electrons. The molecule has 0 saturated heterocycles. The number of nitro benzene ring substituents is 1. The first-order valence-corrected chi connectivity index (χ1v) is 5.18. The molecule has 0 bridgehead atoms. The normalized spacial score (nSPS) is 18.1. The maximum atomic E-state index is 12.9. The number of benzene rings is 1. The zero-order valence-corrected chi connectivity index (χ0v) is 9.84. The molecule has 1 heterocycles. The van der Waals surface area contributed by atoms with Crippen LogP contribution in [-0.4, -0.2) is 17.9 Å². The molecule has 7 nitrogen and oxygen atoms in total. The van der Waals surface area contributed by atoms with Crippen molar-refractivity contribution in [2.45, 2.75) is 12.2 Å². The van der Waals surface area contributed by atoms with Gasteiger partial charge in [-0.1, -0.05) is 5.18 Å². The first-order valence-electron chi connectivity index (χ1n) is 5.18. The fraction of sp³-hybridized carbons (Fsp3) is 0.300. The van der Waals surface area contributed by atoms with E-state index < -0.39 is 45.6 Å². The van der Waals surface area contributed by atoms with Crippen LogP contribution in [0, 0.1) is 15.0 Å². The third-order valence-corrected chi connectivity index (χ3v) is 2.94. The number of hydrogen-bond donors (Lipinski definition) is 0. The highest BCUT2D eigenvalue weighted by atomic mass is 19.4. The minimum atomic E-state index is -4.90. The van der Waals surface area contributed by atoms with Crippen LogP contribution in [0.2, 0.25) is 0 Å². The summed E-state index contributed by atoms with van der Waals surface area (Å²) in [6.45, 7) is 0. The van der Waals surface area contributed by atoms with Crippen LogP contribution >= 0.6 is 0 Å². The Labute approximate surface area is 109 Å². The second-order valence-electron chi connectivity index (χ2n) is 4.09. The minimum Gasteiger partial charge on any atom is -0.312 e. The van der Waals surface area contributed by atoms with Gasteiger partial charge in [-0.2, -0.15) is 13.2 Å². The molecule has 0 saturated carbocycles. The number of rotatable bonds is 2. The van der Waals surface area contributed by atoms with Crippen molar-refractivity contribution >= 4 is 17.3 Å². The number of fused-ring (bicyclic) bond motifs is 1. The fourth-order valence-electron chi connectivity index (χ4n) is 2.07. The van der Waals surface area contributed by atoms with E-state index in [0.717, 1.165) is 13.1 Å². The summed E-state index contributed by atoms with van der Waals surface area (Å²) in [4.78, 5) is 32.5. The number of nitrogens with zero attached hydrogens (tertiary/aromatic N) is 3. The summed E-state index contributed by atoms with van der Waals surface area (Å²) in [5.41, 5.74) is -3.18.